The molecule has 10 heteroatoms. The predicted molar refractivity (Wildman–Crippen MR) is 103 cm³/mol. The lowest BCUT2D eigenvalue weighted by Crippen LogP contribution is -2.16. The molecular formula is C19H22F3N5O2. The number of anilines is 4. The number of fused-ring (bicyclic) bond motifs is 1. The van der Waals surface area contributed by atoms with Crippen LogP contribution in [0.4, 0.5) is 36.3 Å². The number of carbonyl (C=O) groups is 1. The van der Waals surface area contributed by atoms with Crippen molar-refractivity contribution < 1.29 is 22.7 Å². The highest BCUT2D eigenvalue weighted by Crippen LogP contribution is 2.34. The van der Waals surface area contributed by atoms with E-state index >= 15 is 0 Å². The second kappa shape index (κ2) is 8.64. The molecule has 1 amide bonds. The zero-order valence-corrected chi connectivity index (χ0v) is 16.1. The Labute approximate surface area is 166 Å². The molecule has 1 aromatic carbocycles. The number of hydrogen-bond acceptors (Lipinski definition) is 6. The van der Waals surface area contributed by atoms with Gasteiger partial charge in [0.25, 0.3) is 0 Å². The standard InChI is InChI=1S/C19H22F3N5O2/c1-11(2)29-7-3-6-23-17-14(19(20,21)22)10-24-18(27-17)25-13-4-5-15-12(8-13)9-16(28)26-15/h4-5,8,10-11H,3,6-7,9H2,1-2H3,(H,26,28)(H2,23,24,25,27). The van der Waals surface area contributed by atoms with E-state index in [9.17, 15) is 18.0 Å². The summed E-state index contributed by atoms with van der Waals surface area (Å²) in [6, 6.07) is 5.16. The monoisotopic (exact) mass is 409 g/mol. The third-order valence-corrected chi connectivity index (χ3v) is 4.15. The fraction of sp³-hybridized carbons (Fsp3) is 0.421. The number of hydrogen-bond donors (Lipinski definition) is 3. The molecule has 0 atom stereocenters. The molecule has 0 bridgehead atoms. The first-order valence-electron chi connectivity index (χ1n) is 9.22. The number of aromatic nitrogens is 2. The lowest BCUT2D eigenvalue weighted by molar-refractivity contribution is -0.137. The summed E-state index contributed by atoms with van der Waals surface area (Å²) in [6.07, 6.45) is -2.97. The quantitative estimate of drug-likeness (QED) is 0.572. The minimum absolute atomic E-state index is 0.0242. The Morgan fingerprint density at radius 1 is 1.31 bits per heavy atom. The van der Waals surface area contributed by atoms with E-state index in [0.29, 0.717) is 18.7 Å². The van der Waals surface area contributed by atoms with Gasteiger partial charge in [-0.1, -0.05) is 0 Å². The van der Waals surface area contributed by atoms with Gasteiger partial charge >= 0.3 is 6.18 Å². The Kier molecular flexibility index (Phi) is 6.21. The highest BCUT2D eigenvalue weighted by Gasteiger charge is 2.35. The van der Waals surface area contributed by atoms with Crippen molar-refractivity contribution in [1.82, 2.24) is 9.97 Å². The number of nitrogens with one attached hydrogen (secondary N) is 3. The van der Waals surface area contributed by atoms with Crippen molar-refractivity contribution in [1.29, 1.82) is 0 Å². The normalized spacial score (nSPS) is 13.4. The zero-order chi connectivity index (χ0) is 21.0. The SMILES string of the molecule is CC(C)OCCCNc1nc(Nc2ccc3c(c2)CC(=O)N3)ncc1C(F)(F)F. The van der Waals surface area contributed by atoms with Gasteiger partial charge in [-0.05, 0) is 44.0 Å². The van der Waals surface area contributed by atoms with Gasteiger partial charge in [-0.25, -0.2) is 4.98 Å². The number of amides is 1. The highest BCUT2D eigenvalue weighted by molar-refractivity contribution is 5.99. The van der Waals surface area contributed by atoms with Crippen LogP contribution in [0.3, 0.4) is 0 Å². The van der Waals surface area contributed by atoms with Gasteiger partial charge < -0.3 is 20.7 Å². The maximum atomic E-state index is 13.3. The average Bonchev–Trinajstić information content (AvgIpc) is 2.99. The third-order valence-electron chi connectivity index (χ3n) is 4.15. The molecule has 0 radical (unpaired) electrons. The van der Waals surface area contributed by atoms with Crippen LogP contribution in [0.25, 0.3) is 0 Å². The molecule has 156 valence electrons. The van der Waals surface area contributed by atoms with Gasteiger partial charge in [0.05, 0.1) is 12.5 Å². The summed E-state index contributed by atoms with van der Waals surface area (Å²) in [4.78, 5) is 19.2. The molecule has 7 nitrogen and oxygen atoms in total. The van der Waals surface area contributed by atoms with Crippen LogP contribution in [-0.4, -0.2) is 35.1 Å². The Morgan fingerprint density at radius 3 is 2.83 bits per heavy atom. The smallest absolute Gasteiger partial charge is 0.379 e. The Balaban J connectivity index is 1.72. The summed E-state index contributed by atoms with van der Waals surface area (Å²) in [5, 5.41) is 8.33. The van der Waals surface area contributed by atoms with Crippen molar-refractivity contribution in [2.45, 2.75) is 39.0 Å². The second-order valence-corrected chi connectivity index (χ2v) is 6.88. The van der Waals surface area contributed by atoms with E-state index in [-0.39, 0.29) is 36.7 Å². The molecule has 2 heterocycles. The van der Waals surface area contributed by atoms with Crippen LogP contribution >= 0.6 is 0 Å². The number of nitrogens with zero attached hydrogens (tertiary/aromatic N) is 2. The molecule has 1 aliphatic heterocycles. The molecule has 2 aromatic rings. The number of benzene rings is 1. The van der Waals surface area contributed by atoms with Gasteiger partial charge in [0, 0.05) is 30.7 Å². The number of alkyl halides is 3. The largest absolute Gasteiger partial charge is 0.421 e. The van der Waals surface area contributed by atoms with Crippen molar-refractivity contribution in [3.63, 3.8) is 0 Å². The second-order valence-electron chi connectivity index (χ2n) is 6.88. The predicted octanol–water partition coefficient (Wildman–Crippen LogP) is 3.96. The summed E-state index contributed by atoms with van der Waals surface area (Å²) in [5.41, 5.74) is 1.17. The topological polar surface area (TPSA) is 88.2 Å². The van der Waals surface area contributed by atoms with Crippen LogP contribution < -0.4 is 16.0 Å². The van der Waals surface area contributed by atoms with Crippen molar-refractivity contribution in [2.24, 2.45) is 0 Å². The van der Waals surface area contributed by atoms with E-state index in [0.717, 1.165) is 17.4 Å². The minimum Gasteiger partial charge on any atom is -0.379 e. The fourth-order valence-corrected chi connectivity index (χ4v) is 2.82. The van der Waals surface area contributed by atoms with E-state index < -0.39 is 11.7 Å². The molecule has 1 aliphatic rings. The van der Waals surface area contributed by atoms with Crippen molar-refractivity contribution in [3.05, 3.63) is 35.5 Å². The first kappa shape index (κ1) is 20.8. The van der Waals surface area contributed by atoms with Crippen LogP contribution in [-0.2, 0) is 22.1 Å². The van der Waals surface area contributed by atoms with Crippen molar-refractivity contribution >= 4 is 29.0 Å². The van der Waals surface area contributed by atoms with E-state index in [1.807, 2.05) is 13.8 Å². The van der Waals surface area contributed by atoms with Crippen LogP contribution in [0.2, 0.25) is 0 Å². The Bertz CT molecular complexity index is 887. The Hall–Kier alpha value is -2.88. The molecule has 0 aliphatic carbocycles. The number of halogens is 3. The van der Waals surface area contributed by atoms with E-state index in [4.69, 9.17) is 4.74 Å². The molecule has 0 spiro atoms. The van der Waals surface area contributed by atoms with E-state index in [2.05, 4.69) is 25.9 Å². The van der Waals surface area contributed by atoms with E-state index in [1.54, 1.807) is 18.2 Å². The molecule has 0 unspecified atom stereocenters. The first-order chi connectivity index (χ1) is 13.7. The zero-order valence-electron chi connectivity index (χ0n) is 16.1. The molecule has 29 heavy (non-hydrogen) atoms. The number of ether oxygens (including phenoxy) is 1. The van der Waals surface area contributed by atoms with Crippen LogP contribution in [0.5, 0.6) is 0 Å². The summed E-state index contributed by atoms with van der Waals surface area (Å²) >= 11 is 0. The molecule has 3 rings (SSSR count). The van der Waals surface area contributed by atoms with Crippen LogP contribution in [0, 0.1) is 0 Å². The molecule has 3 N–H and O–H groups in total. The van der Waals surface area contributed by atoms with Gasteiger partial charge in [0.2, 0.25) is 11.9 Å². The molecule has 0 fully saturated rings. The minimum atomic E-state index is -4.57. The number of carbonyl (C=O) groups excluding carboxylic acids is 1. The number of rotatable bonds is 8. The summed E-state index contributed by atoms with van der Waals surface area (Å²) in [5.74, 6) is -0.371. The van der Waals surface area contributed by atoms with Gasteiger partial charge in [-0.3, -0.25) is 4.79 Å². The maximum Gasteiger partial charge on any atom is 0.421 e. The molecule has 0 saturated heterocycles. The first-order valence-corrected chi connectivity index (χ1v) is 9.22. The highest BCUT2D eigenvalue weighted by atomic mass is 19.4. The van der Waals surface area contributed by atoms with Gasteiger partial charge in [-0.2, -0.15) is 18.2 Å². The van der Waals surface area contributed by atoms with E-state index in [1.165, 1.54) is 0 Å². The lowest BCUT2D eigenvalue weighted by atomic mass is 10.1. The summed E-state index contributed by atoms with van der Waals surface area (Å²) < 4.78 is 45.2. The van der Waals surface area contributed by atoms with Gasteiger partial charge in [0.15, 0.2) is 0 Å². The summed E-state index contributed by atoms with van der Waals surface area (Å²) in [6.45, 7) is 4.49. The van der Waals surface area contributed by atoms with Crippen LogP contribution in [0.15, 0.2) is 24.4 Å². The summed E-state index contributed by atoms with van der Waals surface area (Å²) in [7, 11) is 0. The fourth-order valence-electron chi connectivity index (χ4n) is 2.82. The van der Waals surface area contributed by atoms with Crippen molar-refractivity contribution in [2.75, 3.05) is 29.1 Å². The maximum absolute atomic E-state index is 13.3. The lowest BCUT2D eigenvalue weighted by Gasteiger charge is -2.15. The average molecular weight is 409 g/mol. The third kappa shape index (κ3) is 5.57. The molecule has 0 saturated carbocycles. The molecular weight excluding hydrogens is 387 g/mol. The van der Waals surface area contributed by atoms with Crippen molar-refractivity contribution in [3.8, 4) is 0 Å². The Morgan fingerprint density at radius 2 is 2.10 bits per heavy atom. The van der Waals surface area contributed by atoms with Gasteiger partial charge in [0.1, 0.15) is 11.4 Å². The molecule has 1 aromatic heterocycles. The van der Waals surface area contributed by atoms with Crippen LogP contribution in [0.1, 0.15) is 31.4 Å². The van der Waals surface area contributed by atoms with Gasteiger partial charge in [-0.15, -0.1) is 0 Å².